The van der Waals surface area contributed by atoms with Gasteiger partial charge in [-0.25, -0.2) is 14.4 Å². The maximum atomic E-state index is 14.0. The molecule has 0 bridgehead atoms. The Morgan fingerprint density at radius 3 is 2.61 bits per heavy atom. The predicted molar refractivity (Wildman–Crippen MR) is 130 cm³/mol. The van der Waals surface area contributed by atoms with Crippen molar-refractivity contribution >= 4 is 39.2 Å². The number of halogens is 1. The molecule has 6 rings (SSSR count). The molecule has 2 fully saturated rings. The molecule has 2 atom stereocenters. The summed E-state index contributed by atoms with van der Waals surface area (Å²) in [4.78, 5) is 12.3. The van der Waals surface area contributed by atoms with Gasteiger partial charge in [0.25, 0.3) is 0 Å². The quantitative estimate of drug-likeness (QED) is 0.495. The zero-order valence-corrected chi connectivity index (χ0v) is 19.2. The molecule has 0 radical (unpaired) electrons. The van der Waals surface area contributed by atoms with E-state index in [2.05, 4.69) is 46.8 Å². The van der Waals surface area contributed by atoms with Crippen molar-refractivity contribution in [2.24, 2.45) is 5.41 Å². The smallest absolute Gasteiger partial charge is 0.166 e. The van der Waals surface area contributed by atoms with Crippen molar-refractivity contribution < 1.29 is 9.13 Å². The number of hydrogen-bond donors (Lipinski definition) is 2. The second-order valence-corrected chi connectivity index (χ2v) is 10.1. The zero-order valence-electron chi connectivity index (χ0n) is 19.2. The maximum Gasteiger partial charge on any atom is 0.166 e. The third-order valence-electron chi connectivity index (χ3n) is 6.76. The van der Waals surface area contributed by atoms with E-state index in [0.29, 0.717) is 12.1 Å². The minimum atomic E-state index is -0.248. The van der Waals surface area contributed by atoms with Crippen LogP contribution in [0.15, 0.2) is 36.4 Å². The van der Waals surface area contributed by atoms with Crippen LogP contribution in [0.4, 0.5) is 16.0 Å². The van der Waals surface area contributed by atoms with Crippen LogP contribution in [0.1, 0.15) is 20.8 Å². The molecule has 8 heteroatoms. The molecule has 1 aromatic carbocycles. The van der Waals surface area contributed by atoms with E-state index in [9.17, 15) is 4.39 Å². The van der Waals surface area contributed by atoms with Gasteiger partial charge in [-0.3, -0.25) is 4.40 Å². The van der Waals surface area contributed by atoms with Gasteiger partial charge in [0.2, 0.25) is 0 Å². The number of nitrogens with zero attached hydrogens (tertiary/aromatic N) is 4. The van der Waals surface area contributed by atoms with Crippen molar-refractivity contribution in [1.29, 1.82) is 0 Å². The summed E-state index contributed by atoms with van der Waals surface area (Å²) in [6, 6.07) is 11.8. The second-order valence-electron chi connectivity index (χ2n) is 10.1. The molecular weight excluding hydrogens is 419 g/mol. The molecule has 3 aromatic heterocycles. The average molecular weight is 449 g/mol. The molecule has 0 saturated carbocycles. The summed E-state index contributed by atoms with van der Waals surface area (Å²) in [6.07, 6.45) is 0. The molecule has 2 saturated heterocycles. The number of nitrogens with one attached hydrogen (secondary N) is 2. The molecule has 0 aliphatic carbocycles. The molecule has 0 spiro atoms. The number of pyridine rings is 1. The second kappa shape index (κ2) is 7.53. The third-order valence-corrected chi connectivity index (χ3v) is 6.76. The summed E-state index contributed by atoms with van der Waals surface area (Å²) in [5.74, 6) is 1.47. The van der Waals surface area contributed by atoms with E-state index in [1.165, 1.54) is 6.07 Å². The number of fused-ring (bicyclic) bond motifs is 5. The molecular formula is C25H29FN6O. The molecule has 4 aromatic rings. The summed E-state index contributed by atoms with van der Waals surface area (Å²) in [6.45, 7) is 10.6. The Hall–Kier alpha value is -2.97. The summed E-state index contributed by atoms with van der Waals surface area (Å²) in [5, 5.41) is 7.95. The van der Waals surface area contributed by atoms with Gasteiger partial charge in [0.15, 0.2) is 11.5 Å². The van der Waals surface area contributed by atoms with E-state index in [-0.39, 0.29) is 11.2 Å². The van der Waals surface area contributed by atoms with Crippen LogP contribution in [0.25, 0.3) is 27.6 Å². The molecule has 2 N–H and O–H groups in total. The first kappa shape index (κ1) is 20.6. The molecule has 5 heterocycles. The van der Waals surface area contributed by atoms with Crippen LogP contribution in [-0.4, -0.2) is 59.3 Å². The van der Waals surface area contributed by atoms with Crippen LogP contribution in [-0.2, 0) is 4.74 Å². The van der Waals surface area contributed by atoms with Crippen LogP contribution >= 0.6 is 0 Å². The van der Waals surface area contributed by atoms with E-state index in [1.807, 2.05) is 18.2 Å². The first-order valence-corrected chi connectivity index (χ1v) is 11.6. The molecule has 0 unspecified atom stereocenters. The van der Waals surface area contributed by atoms with Crippen molar-refractivity contribution in [3.63, 3.8) is 0 Å². The Kier molecular flexibility index (Phi) is 4.71. The third kappa shape index (κ3) is 3.57. The lowest BCUT2D eigenvalue weighted by Gasteiger charge is -2.38. The summed E-state index contributed by atoms with van der Waals surface area (Å²) in [7, 11) is 0. The van der Waals surface area contributed by atoms with Crippen LogP contribution in [0.2, 0.25) is 0 Å². The standard InChI is InChI=1S/C25H29FN6O/c1-15-10-31(11-16(2)28-15)22-7-5-19-24(30-22)32-20-6-4-18(26)8-17(20)9-21(32)23(29-19)27-12-25(3)13-33-14-25/h4-9,15-16,28H,10-14H2,1-3H3,(H,27,29)/t15-,16+. The lowest BCUT2D eigenvalue weighted by atomic mass is 9.89. The van der Waals surface area contributed by atoms with Gasteiger partial charge in [0, 0.05) is 42.5 Å². The normalized spacial score (nSPS) is 22.7. The van der Waals surface area contributed by atoms with Crippen LogP contribution in [0.5, 0.6) is 0 Å². The number of aromatic nitrogens is 3. The van der Waals surface area contributed by atoms with E-state index >= 15 is 0 Å². The fourth-order valence-electron chi connectivity index (χ4n) is 5.12. The van der Waals surface area contributed by atoms with Gasteiger partial charge >= 0.3 is 0 Å². The monoisotopic (exact) mass is 448 g/mol. The van der Waals surface area contributed by atoms with Crippen LogP contribution in [0.3, 0.4) is 0 Å². The molecule has 2 aliphatic heterocycles. The van der Waals surface area contributed by atoms with Crippen molar-refractivity contribution in [2.75, 3.05) is 43.1 Å². The lowest BCUT2D eigenvalue weighted by molar-refractivity contribution is -0.0924. The first-order valence-electron chi connectivity index (χ1n) is 11.6. The molecule has 2 aliphatic rings. The zero-order chi connectivity index (χ0) is 22.7. The number of hydrogen-bond acceptors (Lipinski definition) is 6. The Morgan fingerprint density at radius 2 is 1.88 bits per heavy atom. The highest BCUT2D eigenvalue weighted by Crippen LogP contribution is 2.32. The lowest BCUT2D eigenvalue weighted by Crippen LogP contribution is -2.54. The van der Waals surface area contributed by atoms with Gasteiger partial charge in [0.05, 0.1) is 24.2 Å². The highest BCUT2D eigenvalue weighted by atomic mass is 19.1. The van der Waals surface area contributed by atoms with Gasteiger partial charge < -0.3 is 20.3 Å². The minimum absolute atomic E-state index is 0.101. The first-order chi connectivity index (χ1) is 15.9. The summed E-state index contributed by atoms with van der Waals surface area (Å²) < 4.78 is 21.5. The van der Waals surface area contributed by atoms with Gasteiger partial charge in [-0.15, -0.1) is 0 Å². The van der Waals surface area contributed by atoms with Gasteiger partial charge in [0.1, 0.15) is 17.2 Å². The van der Waals surface area contributed by atoms with Crippen molar-refractivity contribution in [3.05, 3.63) is 42.2 Å². The van der Waals surface area contributed by atoms with Crippen molar-refractivity contribution in [3.8, 4) is 0 Å². The van der Waals surface area contributed by atoms with Gasteiger partial charge in [-0.05, 0) is 50.2 Å². The predicted octanol–water partition coefficient (Wildman–Crippen LogP) is 3.81. The van der Waals surface area contributed by atoms with E-state index in [0.717, 1.165) is 72.1 Å². The highest BCUT2D eigenvalue weighted by molar-refractivity contribution is 5.96. The molecule has 172 valence electrons. The van der Waals surface area contributed by atoms with Crippen molar-refractivity contribution in [2.45, 2.75) is 32.9 Å². The number of rotatable bonds is 4. The fourth-order valence-corrected chi connectivity index (χ4v) is 5.12. The maximum absolute atomic E-state index is 14.0. The van der Waals surface area contributed by atoms with Gasteiger partial charge in [-0.1, -0.05) is 6.92 Å². The highest BCUT2D eigenvalue weighted by Gasteiger charge is 2.33. The largest absolute Gasteiger partial charge is 0.380 e. The van der Waals surface area contributed by atoms with Gasteiger partial charge in [-0.2, -0.15) is 0 Å². The van der Waals surface area contributed by atoms with E-state index < -0.39 is 0 Å². The topological polar surface area (TPSA) is 66.7 Å². The SMILES string of the molecule is C[C@@H]1CN(c2ccc3nc(NCC4(C)COC4)c4cc5cc(F)ccc5n4c3n2)C[C@H](C)N1. The van der Waals surface area contributed by atoms with E-state index in [1.54, 1.807) is 6.07 Å². The number of piperazine rings is 1. The minimum Gasteiger partial charge on any atom is -0.380 e. The number of anilines is 2. The van der Waals surface area contributed by atoms with Crippen LogP contribution in [0, 0.1) is 11.2 Å². The van der Waals surface area contributed by atoms with Crippen LogP contribution < -0.4 is 15.5 Å². The van der Waals surface area contributed by atoms with Crippen molar-refractivity contribution in [1.82, 2.24) is 19.7 Å². The number of ether oxygens (including phenoxy) is 1. The molecule has 7 nitrogen and oxygen atoms in total. The Morgan fingerprint density at radius 1 is 1.09 bits per heavy atom. The molecule has 33 heavy (non-hydrogen) atoms. The summed E-state index contributed by atoms with van der Waals surface area (Å²) >= 11 is 0. The fraction of sp³-hybridized carbons (Fsp3) is 0.440. The Labute approximate surface area is 191 Å². The Balaban J connectivity index is 1.51. The number of benzene rings is 1. The average Bonchev–Trinajstić information content (AvgIpc) is 3.14. The Bertz CT molecular complexity index is 1350. The summed E-state index contributed by atoms with van der Waals surface area (Å²) in [5.41, 5.74) is 3.52. The van der Waals surface area contributed by atoms with E-state index in [4.69, 9.17) is 14.7 Å². The molecule has 0 amide bonds.